The smallest absolute Gasteiger partial charge is 0.243 e. The molecule has 172 valence electrons. The molecule has 0 spiro atoms. The van der Waals surface area contributed by atoms with E-state index in [9.17, 15) is 14.8 Å². The van der Waals surface area contributed by atoms with Crippen molar-refractivity contribution in [3.63, 3.8) is 0 Å². The molecule has 1 saturated heterocycles. The Labute approximate surface area is 185 Å². The molecule has 1 aliphatic carbocycles. The van der Waals surface area contributed by atoms with Gasteiger partial charge in [-0.3, -0.25) is 25.6 Å². The lowest BCUT2D eigenvalue weighted by atomic mass is 9.92. The summed E-state index contributed by atoms with van der Waals surface area (Å²) in [5.41, 5.74) is 4.93. The van der Waals surface area contributed by atoms with E-state index in [1.807, 2.05) is 6.92 Å². The maximum Gasteiger partial charge on any atom is 0.243 e. The Bertz CT molecular complexity index is 782. The number of hydrogen-bond donors (Lipinski definition) is 3. The molecule has 2 heterocycles. The van der Waals surface area contributed by atoms with E-state index in [0.717, 1.165) is 25.7 Å². The number of rotatable bonds is 9. The van der Waals surface area contributed by atoms with Crippen molar-refractivity contribution >= 4 is 35.6 Å². The van der Waals surface area contributed by atoms with Gasteiger partial charge in [-0.1, -0.05) is 25.7 Å². The van der Waals surface area contributed by atoms with Crippen molar-refractivity contribution in [2.24, 2.45) is 11.8 Å². The average Bonchev–Trinajstić information content (AvgIpc) is 3.27. The lowest BCUT2D eigenvalue weighted by Crippen LogP contribution is -2.45. The lowest BCUT2D eigenvalue weighted by Gasteiger charge is -2.34. The van der Waals surface area contributed by atoms with Crippen LogP contribution in [0.5, 0.6) is 0 Å². The molecule has 2 aliphatic rings. The van der Waals surface area contributed by atoms with Crippen LogP contribution in [0.4, 0.5) is 16.0 Å². The molecule has 2 amide bonds. The molecule has 31 heavy (non-hydrogen) atoms. The standard InChI is InChI=1S/C19H28ClFN6O4/c1-12-10-31-7-6-27(12)17-15(21)16(22-19(20)23-17)24-25-18(29)14(9-26(30)11-28)8-13-4-2-3-5-13/h11-14,30H,2-10H2,1H3,(H,25,29)(H,22,23,24)/t12-,14+/m1/s1. The van der Waals surface area contributed by atoms with Crippen LogP contribution in [0.1, 0.15) is 39.0 Å². The van der Waals surface area contributed by atoms with Crippen LogP contribution in [0.2, 0.25) is 5.28 Å². The summed E-state index contributed by atoms with van der Waals surface area (Å²) in [6.07, 6.45) is 4.97. The highest BCUT2D eigenvalue weighted by atomic mass is 35.5. The third-order valence-corrected chi connectivity index (χ3v) is 5.91. The van der Waals surface area contributed by atoms with E-state index in [2.05, 4.69) is 20.8 Å². The van der Waals surface area contributed by atoms with Gasteiger partial charge in [-0.25, -0.2) is 5.06 Å². The van der Waals surface area contributed by atoms with Gasteiger partial charge in [0.1, 0.15) is 0 Å². The van der Waals surface area contributed by atoms with Crippen LogP contribution >= 0.6 is 11.6 Å². The summed E-state index contributed by atoms with van der Waals surface area (Å²) < 4.78 is 20.5. The summed E-state index contributed by atoms with van der Waals surface area (Å²) in [6.45, 7) is 3.03. The van der Waals surface area contributed by atoms with Crippen molar-refractivity contribution < 1.29 is 23.9 Å². The Kier molecular flexibility index (Phi) is 8.22. The fraction of sp³-hybridized carbons (Fsp3) is 0.684. The van der Waals surface area contributed by atoms with E-state index in [-0.39, 0.29) is 35.9 Å². The first-order valence-corrected chi connectivity index (χ1v) is 10.8. The van der Waals surface area contributed by atoms with Crippen molar-refractivity contribution in [3.8, 4) is 0 Å². The molecule has 1 aromatic heterocycles. The minimum atomic E-state index is -0.748. The number of halogens is 2. The van der Waals surface area contributed by atoms with E-state index in [1.54, 1.807) is 4.90 Å². The fourth-order valence-electron chi connectivity index (χ4n) is 4.13. The Morgan fingerprint density at radius 1 is 1.45 bits per heavy atom. The van der Waals surface area contributed by atoms with Crippen LogP contribution in [-0.2, 0) is 14.3 Å². The molecule has 10 nitrogen and oxygen atoms in total. The van der Waals surface area contributed by atoms with Gasteiger partial charge >= 0.3 is 0 Å². The first-order valence-electron chi connectivity index (χ1n) is 10.4. The number of carbonyl (C=O) groups is 2. The zero-order valence-electron chi connectivity index (χ0n) is 17.4. The third kappa shape index (κ3) is 6.14. The molecule has 0 radical (unpaired) electrons. The highest BCUT2D eigenvalue weighted by Crippen LogP contribution is 2.31. The second kappa shape index (κ2) is 10.9. The van der Waals surface area contributed by atoms with Gasteiger partial charge in [-0.2, -0.15) is 14.4 Å². The molecule has 12 heteroatoms. The van der Waals surface area contributed by atoms with Gasteiger partial charge in [0.15, 0.2) is 11.6 Å². The minimum absolute atomic E-state index is 0.0255. The van der Waals surface area contributed by atoms with E-state index < -0.39 is 17.6 Å². The van der Waals surface area contributed by atoms with Crippen molar-refractivity contribution in [2.45, 2.75) is 45.1 Å². The molecule has 1 saturated carbocycles. The van der Waals surface area contributed by atoms with Gasteiger partial charge in [-0.05, 0) is 30.9 Å². The molecular weight excluding hydrogens is 431 g/mol. The number of hydroxylamine groups is 2. The predicted octanol–water partition coefficient (Wildman–Crippen LogP) is 1.98. The second-order valence-corrected chi connectivity index (χ2v) is 8.36. The number of nitrogens with one attached hydrogen (secondary N) is 2. The Hall–Kier alpha value is -2.24. The number of aromatic nitrogens is 2. The molecule has 1 aliphatic heterocycles. The quantitative estimate of drug-likeness (QED) is 0.222. The molecule has 2 atom stereocenters. The number of hydrazine groups is 1. The largest absolute Gasteiger partial charge is 0.377 e. The van der Waals surface area contributed by atoms with Crippen LogP contribution in [0, 0.1) is 17.7 Å². The Morgan fingerprint density at radius 3 is 2.87 bits per heavy atom. The van der Waals surface area contributed by atoms with Gasteiger partial charge in [-0.15, -0.1) is 0 Å². The molecule has 2 fully saturated rings. The van der Waals surface area contributed by atoms with Crippen molar-refractivity contribution in [3.05, 3.63) is 11.1 Å². The predicted molar refractivity (Wildman–Crippen MR) is 111 cm³/mol. The molecule has 3 N–H and O–H groups in total. The number of amides is 2. The third-order valence-electron chi connectivity index (χ3n) is 5.74. The zero-order chi connectivity index (χ0) is 22.4. The minimum Gasteiger partial charge on any atom is -0.377 e. The highest BCUT2D eigenvalue weighted by Gasteiger charge is 2.29. The molecular formula is C19H28ClFN6O4. The van der Waals surface area contributed by atoms with Gasteiger partial charge in [0.25, 0.3) is 0 Å². The number of carbonyl (C=O) groups excluding carboxylic acids is 2. The first kappa shape index (κ1) is 23.4. The molecule has 3 rings (SSSR count). The Balaban J connectivity index is 1.70. The number of anilines is 2. The van der Waals surface area contributed by atoms with Crippen molar-refractivity contribution in [1.82, 2.24) is 20.5 Å². The normalized spacial score (nSPS) is 20.4. The number of ether oxygens (including phenoxy) is 1. The zero-order valence-corrected chi connectivity index (χ0v) is 18.1. The van der Waals surface area contributed by atoms with E-state index in [0.29, 0.717) is 37.2 Å². The summed E-state index contributed by atoms with van der Waals surface area (Å²) in [5.74, 6) is -1.79. The highest BCUT2D eigenvalue weighted by molar-refractivity contribution is 6.28. The Morgan fingerprint density at radius 2 is 2.19 bits per heavy atom. The maximum atomic E-state index is 15.1. The summed E-state index contributed by atoms with van der Waals surface area (Å²) in [4.78, 5) is 33.1. The van der Waals surface area contributed by atoms with Crippen LogP contribution in [-0.4, -0.2) is 64.9 Å². The monoisotopic (exact) mass is 458 g/mol. The molecule has 0 unspecified atom stereocenters. The number of morpholine rings is 1. The van der Waals surface area contributed by atoms with Crippen molar-refractivity contribution in [2.75, 3.05) is 36.6 Å². The van der Waals surface area contributed by atoms with E-state index >= 15 is 4.39 Å². The fourth-order valence-corrected chi connectivity index (χ4v) is 4.29. The van der Waals surface area contributed by atoms with Crippen LogP contribution in [0.15, 0.2) is 0 Å². The summed E-state index contributed by atoms with van der Waals surface area (Å²) in [6, 6.07) is -0.105. The topological polar surface area (TPSA) is 120 Å². The number of hydrogen-bond acceptors (Lipinski definition) is 8. The molecule has 0 aromatic carbocycles. The van der Waals surface area contributed by atoms with Crippen molar-refractivity contribution in [1.29, 1.82) is 0 Å². The number of nitrogens with zero attached hydrogens (tertiary/aromatic N) is 4. The summed E-state index contributed by atoms with van der Waals surface area (Å²) in [7, 11) is 0. The lowest BCUT2D eigenvalue weighted by molar-refractivity contribution is -0.154. The molecule has 0 bridgehead atoms. The van der Waals surface area contributed by atoms with Gasteiger partial charge in [0, 0.05) is 6.54 Å². The van der Waals surface area contributed by atoms with E-state index in [1.165, 1.54) is 0 Å². The summed E-state index contributed by atoms with van der Waals surface area (Å²) >= 11 is 5.99. The SMILES string of the molecule is C[C@@H]1COCCN1c1nc(Cl)nc(NNC(=O)[C@@H](CC2CCCC2)CN(O)C=O)c1F. The summed E-state index contributed by atoms with van der Waals surface area (Å²) in [5, 5.41) is 9.85. The first-order chi connectivity index (χ1) is 14.9. The van der Waals surface area contributed by atoms with E-state index in [4.69, 9.17) is 16.3 Å². The van der Waals surface area contributed by atoms with Crippen LogP contribution in [0.3, 0.4) is 0 Å². The maximum absolute atomic E-state index is 15.1. The van der Waals surface area contributed by atoms with Gasteiger partial charge in [0.2, 0.25) is 23.4 Å². The second-order valence-electron chi connectivity index (χ2n) is 8.02. The van der Waals surface area contributed by atoms with Gasteiger partial charge < -0.3 is 9.64 Å². The van der Waals surface area contributed by atoms with Crippen LogP contribution < -0.4 is 15.8 Å². The molecule has 1 aromatic rings. The van der Waals surface area contributed by atoms with Crippen LogP contribution in [0.25, 0.3) is 0 Å². The average molecular weight is 459 g/mol. The van der Waals surface area contributed by atoms with Gasteiger partial charge in [0.05, 0.1) is 31.7 Å².